The SMILES string of the molecule is CC(C)NC(=O)N1CCO[C@@]2(CCCN(c3cccc(F)c3)C2)C1. The number of nitrogens with one attached hydrogen (secondary N) is 1. The fourth-order valence-electron chi connectivity index (χ4n) is 3.59. The first-order valence-corrected chi connectivity index (χ1v) is 8.67. The zero-order valence-corrected chi connectivity index (χ0v) is 14.4. The molecule has 1 aromatic carbocycles. The smallest absolute Gasteiger partial charge is 0.317 e. The van der Waals surface area contributed by atoms with E-state index in [1.807, 2.05) is 24.8 Å². The van der Waals surface area contributed by atoms with Crippen LogP contribution in [0.1, 0.15) is 26.7 Å². The Bertz CT molecular complexity index is 591. The molecule has 132 valence electrons. The average molecular weight is 335 g/mol. The maximum atomic E-state index is 13.5. The summed E-state index contributed by atoms with van der Waals surface area (Å²) in [5, 5.41) is 2.95. The fraction of sp³-hybridized carbons (Fsp3) is 0.611. The van der Waals surface area contributed by atoms with Crippen LogP contribution in [0, 0.1) is 5.82 Å². The summed E-state index contributed by atoms with van der Waals surface area (Å²) >= 11 is 0. The second-order valence-corrected chi connectivity index (χ2v) is 7.06. The van der Waals surface area contributed by atoms with E-state index < -0.39 is 0 Å². The molecule has 1 atom stereocenters. The lowest BCUT2D eigenvalue weighted by Crippen LogP contribution is -2.62. The van der Waals surface area contributed by atoms with Gasteiger partial charge in [0, 0.05) is 31.4 Å². The molecule has 2 fully saturated rings. The average Bonchev–Trinajstić information content (AvgIpc) is 2.54. The van der Waals surface area contributed by atoms with Crippen LogP contribution in [0.2, 0.25) is 0 Å². The first-order chi connectivity index (χ1) is 11.5. The normalized spacial score (nSPS) is 24.5. The number of morpholine rings is 1. The number of ether oxygens (including phenoxy) is 1. The number of nitrogens with zero attached hydrogens (tertiary/aromatic N) is 2. The van der Waals surface area contributed by atoms with Crippen LogP contribution in [0.3, 0.4) is 0 Å². The predicted octanol–water partition coefficient (Wildman–Crippen LogP) is 2.61. The molecule has 24 heavy (non-hydrogen) atoms. The predicted molar refractivity (Wildman–Crippen MR) is 91.8 cm³/mol. The number of anilines is 1. The van der Waals surface area contributed by atoms with E-state index in [0.717, 1.165) is 25.1 Å². The van der Waals surface area contributed by atoms with Crippen LogP contribution in [0.15, 0.2) is 24.3 Å². The van der Waals surface area contributed by atoms with Crippen molar-refractivity contribution in [1.82, 2.24) is 10.2 Å². The zero-order chi connectivity index (χ0) is 17.2. The van der Waals surface area contributed by atoms with E-state index in [1.165, 1.54) is 6.07 Å². The number of carbonyl (C=O) groups excluding carboxylic acids is 1. The highest BCUT2D eigenvalue weighted by molar-refractivity contribution is 5.74. The monoisotopic (exact) mass is 335 g/mol. The zero-order valence-electron chi connectivity index (χ0n) is 14.4. The number of urea groups is 1. The molecule has 0 radical (unpaired) electrons. The molecule has 2 saturated heterocycles. The third kappa shape index (κ3) is 3.80. The summed E-state index contributed by atoms with van der Waals surface area (Å²) in [5.41, 5.74) is 0.512. The van der Waals surface area contributed by atoms with Gasteiger partial charge >= 0.3 is 6.03 Å². The minimum Gasteiger partial charge on any atom is -0.369 e. The molecule has 2 aliphatic heterocycles. The molecule has 0 aliphatic carbocycles. The summed E-state index contributed by atoms with van der Waals surface area (Å²) in [4.78, 5) is 16.3. The summed E-state index contributed by atoms with van der Waals surface area (Å²) in [5.74, 6) is -0.227. The number of carbonyl (C=O) groups is 1. The van der Waals surface area contributed by atoms with E-state index in [2.05, 4.69) is 10.2 Å². The lowest BCUT2D eigenvalue weighted by Gasteiger charge is -2.48. The third-order valence-electron chi connectivity index (χ3n) is 4.66. The van der Waals surface area contributed by atoms with Gasteiger partial charge in [-0.2, -0.15) is 0 Å². The Balaban J connectivity index is 1.71. The van der Waals surface area contributed by atoms with Crippen molar-refractivity contribution in [3.8, 4) is 0 Å². The van der Waals surface area contributed by atoms with Gasteiger partial charge in [-0.25, -0.2) is 9.18 Å². The van der Waals surface area contributed by atoms with Gasteiger partial charge in [0.05, 0.1) is 13.2 Å². The number of amides is 2. The topological polar surface area (TPSA) is 44.8 Å². The molecule has 1 spiro atoms. The largest absolute Gasteiger partial charge is 0.369 e. The summed E-state index contributed by atoms with van der Waals surface area (Å²) in [6.45, 7) is 7.22. The number of rotatable bonds is 2. The van der Waals surface area contributed by atoms with E-state index >= 15 is 0 Å². The molecule has 1 N–H and O–H groups in total. The minimum absolute atomic E-state index is 0.0319. The van der Waals surface area contributed by atoms with Gasteiger partial charge in [0.1, 0.15) is 11.4 Å². The van der Waals surface area contributed by atoms with Crippen molar-refractivity contribution in [3.05, 3.63) is 30.1 Å². The molecule has 0 aromatic heterocycles. The Morgan fingerprint density at radius 2 is 2.17 bits per heavy atom. The van der Waals surface area contributed by atoms with Crippen molar-refractivity contribution in [2.24, 2.45) is 0 Å². The number of hydrogen-bond acceptors (Lipinski definition) is 3. The van der Waals surface area contributed by atoms with E-state index in [9.17, 15) is 9.18 Å². The van der Waals surface area contributed by atoms with Crippen LogP contribution in [0.5, 0.6) is 0 Å². The highest BCUT2D eigenvalue weighted by atomic mass is 19.1. The van der Waals surface area contributed by atoms with Gasteiger partial charge in [-0.1, -0.05) is 6.07 Å². The van der Waals surface area contributed by atoms with Gasteiger partial charge in [-0.15, -0.1) is 0 Å². The number of piperidine rings is 1. The number of hydrogen-bond donors (Lipinski definition) is 1. The highest BCUT2D eigenvalue weighted by Gasteiger charge is 2.42. The molecule has 2 heterocycles. The maximum Gasteiger partial charge on any atom is 0.317 e. The summed E-state index contributed by atoms with van der Waals surface area (Å²) < 4.78 is 19.6. The van der Waals surface area contributed by atoms with E-state index in [4.69, 9.17) is 4.74 Å². The molecule has 2 aliphatic rings. The van der Waals surface area contributed by atoms with Crippen molar-refractivity contribution in [2.75, 3.05) is 37.7 Å². The van der Waals surface area contributed by atoms with Crippen molar-refractivity contribution in [2.45, 2.75) is 38.3 Å². The Morgan fingerprint density at radius 1 is 1.33 bits per heavy atom. The third-order valence-corrected chi connectivity index (χ3v) is 4.66. The quantitative estimate of drug-likeness (QED) is 0.904. The van der Waals surface area contributed by atoms with Crippen LogP contribution < -0.4 is 10.2 Å². The van der Waals surface area contributed by atoms with Crippen molar-refractivity contribution in [1.29, 1.82) is 0 Å². The molecule has 0 bridgehead atoms. The Kier molecular flexibility index (Phi) is 4.94. The van der Waals surface area contributed by atoms with Crippen LogP contribution >= 0.6 is 0 Å². The second kappa shape index (κ2) is 6.97. The lowest BCUT2D eigenvalue weighted by molar-refractivity contribution is -0.103. The number of benzene rings is 1. The first-order valence-electron chi connectivity index (χ1n) is 8.67. The Hall–Kier alpha value is -1.82. The molecular formula is C18H26FN3O2. The fourth-order valence-corrected chi connectivity index (χ4v) is 3.59. The van der Waals surface area contributed by atoms with Crippen molar-refractivity contribution >= 4 is 11.7 Å². The molecule has 2 amide bonds. The van der Waals surface area contributed by atoms with Gasteiger partial charge in [0.15, 0.2) is 0 Å². The minimum atomic E-state index is -0.364. The van der Waals surface area contributed by atoms with Crippen LogP contribution in [0.25, 0.3) is 0 Å². The molecule has 5 nitrogen and oxygen atoms in total. The molecule has 3 rings (SSSR count). The van der Waals surface area contributed by atoms with Gasteiger partial charge in [0.2, 0.25) is 0 Å². The van der Waals surface area contributed by atoms with E-state index in [-0.39, 0.29) is 23.5 Å². The summed E-state index contributed by atoms with van der Waals surface area (Å²) in [6, 6.07) is 6.76. The second-order valence-electron chi connectivity index (χ2n) is 7.06. The standard InChI is InChI=1S/C18H26FN3O2/c1-14(2)20-17(23)22-9-10-24-18(13-22)7-4-8-21(12-18)16-6-3-5-15(19)11-16/h3,5-6,11,14H,4,7-10,12-13H2,1-2H3,(H,20,23)/t18-/m1/s1. The first kappa shape index (κ1) is 17.0. The summed E-state index contributed by atoms with van der Waals surface area (Å²) in [7, 11) is 0. The van der Waals surface area contributed by atoms with E-state index in [0.29, 0.717) is 26.2 Å². The Labute approximate surface area is 142 Å². The maximum absolute atomic E-state index is 13.5. The van der Waals surface area contributed by atoms with Crippen LogP contribution in [-0.2, 0) is 4.74 Å². The lowest BCUT2D eigenvalue weighted by atomic mass is 9.90. The molecule has 1 aromatic rings. The van der Waals surface area contributed by atoms with Crippen molar-refractivity contribution in [3.63, 3.8) is 0 Å². The molecule has 0 saturated carbocycles. The van der Waals surface area contributed by atoms with Gasteiger partial charge in [-0.3, -0.25) is 0 Å². The van der Waals surface area contributed by atoms with Crippen LogP contribution in [-0.4, -0.2) is 55.4 Å². The summed E-state index contributed by atoms with van der Waals surface area (Å²) in [6.07, 6.45) is 1.89. The molecule has 0 unspecified atom stereocenters. The van der Waals surface area contributed by atoms with Crippen LogP contribution in [0.4, 0.5) is 14.9 Å². The Morgan fingerprint density at radius 3 is 2.92 bits per heavy atom. The van der Waals surface area contributed by atoms with Crippen molar-refractivity contribution < 1.29 is 13.9 Å². The van der Waals surface area contributed by atoms with Gasteiger partial charge in [0.25, 0.3) is 0 Å². The van der Waals surface area contributed by atoms with E-state index in [1.54, 1.807) is 12.1 Å². The van der Waals surface area contributed by atoms with Gasteiger partial charge in [-0.05, 0) is 44.9 Å². The highest BCUT2D eigenvalue weighted by Crippen LogP contribution is 2.31. The molecular weight excluding hydrogens is 309 g/mol. The number of halogens is 1. The molecule has 6 heteroatoms. The van der Waals surface area contributed by atoms with Gasteiger partial charge < -0.3 is 19.9 Å².